The molecule has 4 heterocycles. The molecule has 0 bridgehead atoms. The molecule has 1 amide bonds. The van der Waals surface area contributed by atoms with Crippen molar-refractivity contribution >= 4 is 39.1 Å². The highest BCUT2D eigenvalue weighted by Gasteiger charge is 2.48. The van der Waals surface area contributed by atoms with Gasteiger partial charge in [0.05, 0.1) is 18.4 Å². The fraction of sp³-hybridized carbons (Fsp3) is 0.208. The summed E-state index contributed by atoms with van der Waals surface area (Å²) in [5.74, 6) is -0.600. The van der Waals surface area contributed by atoms with Crippen molar-refractivity contribution < 1.29 is 28.3 Å². The quantitative estimate of drug-likeness (QED) is 0.405. The Kier molecular flexibility index (Phi) is 4.86. The number of anilines is 1. The number of thiazole rings is 1. The molecule has 1 aliphatic heterocycles. The highest BCUT2D eigenvalue weighted by Crippen LogP contribution is 2.44. The fourth-order valence-corrected chi connectivity index (χ4v) is 4.84. The lowest BCUT2D eigenvalue weighted by atomic mass is 9.99. The van der Waals surface area contributed by atoms with E-state index in [-0.39, 0.29) is 11.3 Å². The highest BCUT2D eigenvalue weighted by atomic mass is 32.1. The van der Waals surface area contributed by atoms with Crippen LogP contribution in [-0.4, -0.2) is 28.9 Å². The van der Waals surface area contributed by atoms with Gasteiger partial charge in [-0.1, -0.05) is 12.1 Å². The number of methoxy groups -OCH3 is 1. The Morgan fingerprint density at radius 2 is 1.97 bits per heavy atom. The second kappa shape index (κ2) is 7.63. The Morgan fingerprint density at radius 3 is 2.61 bits per heavy atom. The summed E-state index contributed by atoms with van der Waals surface area (Å²) in [4.78, 5) is 33.5. The number of ether oxygens (including phenoxy) is 1. The number of aliphatic hydroxyl groups excluding tert-OH is 1. The predicted molar refractivity (Wildman–Crippen MR) is 122 cm³/mol. The number of aromatic nitrogens is 1. The third kappa shape index (κ3) is 3.23. The lowest BCUT2D eigenvalue weighted by Crippen LogP contribution is -2.30. The first-order valence-corrected chi connectivity index (χ1v) is 11.0. The van der Waals surface area contributed by atoms with Gasteiger partial charge in [0.25, 0.3) is 5.91 Å². The van der Waals surface area contributed by atoms with Gasteiger partial charge in [-0.2, -0.15) is 0 Å². The molecule has 5 rings (SSSR count). The number of aliphatic hydroxyl groups is 1. The zero-order valence-electron chi connectivity index (χ0n) is 18.3. The van der Waals surface area contributed by atoms with E-state index in [1.807, 2.05) is 13.8 Å². The van der Waals surface area contributed by atoms with Crippen LogP contribution in [0.5, 0.6) is 5.75 Å². The van der Waals surface area contributed by atoms with Crippen LogP contribution in [0.3, 0.4) is 0 Å². The first-order chi connectivity index (χ1) is 15.8. The monoisotopic (exact) mass is 464 g/mol. The Balaban J connectivity index is 1.66. The standard InChI is InChI=1S/C24H20N2O6S/c1-11-8-9-15(31-11)19-18(21(28)23(29)26(19)24-25-12(2)13(3)33-24)20(27)17-10-14-6-5-7-16(30-4)22(14)32-17/h5-10,19,28H,1-4H3. The molecule has 1 unspecified atom stereocenters. The summed E-state index contributed by atoms with van der Waals surface area (Å²) in [6, 6.07) is 9.28. The number of carbonyl (C=O) groups is 2. The van der Waals surface area contributed by atoms with Crippen LogP contribution in [0.4, 0.5) is 5.13 Å². The molecule has 1 aromatic carbocycles. The third-order valence-corrected chi connectivity index (χ3v) is 6.73. The number of carbonyl (C=O) groups excluding carboxylic acids is 2. The lowest BCUT2D eigenvalue weighted by Gasteiger charge is -2.22. The average molecular weight is 464 g/mol. The van der Waals surface area contributed by atoms with Crippen LogP contribution in [0.15, 0.2) is 56.6 Å². The molecule has 4 aromatic rings. The number of amides is 1. The number of Topliss-reactive ketones (excluding diaryl/α,β-unsaturated/α-hetero) is 1. The zero-order chi connectivity index (χ0) is 23.4. The van der Waals surface area contributed by atoms with Crippen molar-refractivity contribution in [3.8, 4) is 5.75 Å². The molecule has 1 atom stereocenters. The van der Waals surface area contributed by atoms with Crippen molar-refractivity contribution in [1.29, 1.82) is 0 Å². The number of fused-ring (bicyclic) bond motifs is 1. The molecule has 0 aliphatic carbocycles. The first kappa shape index (κ1) is 21.0. The minimum absolute atomic E-state index is 0.0227. The van der Waals surface area contributed by atoms with Crippen LogP contribution in [0.1, 0.15) is 38.7 Å². The van der Waals surface area contributed by atoms with Gasteiger partial charge in [0, 0.05) is 10.3 Å². The van der Waals surface area contributed by atoms with Gasteiger partial charge in [-0.25, -0.2) is 4.98 Å². The Hall–Kier alpha value is -3.85. The van der Waals surface area contributed by atoms with Crippen molar-refractivity contribution in [1.82, 2.24) is 4.98 Å². The maximum Gasteiger partial charge on any atom is 0.296 e. The van der Waals surface area contributed by atoms with Crippen molar-refractivity contribution in [3.05, 3.63) is 75.6 Å². The van der Waals surface area contributed by atoms with E-state index in [0.29, 0.717) is 33.4 Å². The van der Waals surface area contributed by atoms with Gasteiger partial charge < -0.3 is 18.7 Å². The number of aryl methyl sites for hydroxylation is 3. The summed E-state index contributed by atoms with van der Waals surface area (Å²) >= 11 is 1.30. The molecule has 33 heavy (non-hydrogen) atoms. The number of hydrogen-bond donors (Lipinski definition) is 1. The van der Waals surface area contributed by atoms with Crippen LogP contribution in [-0.2, 0) is 4.79 Å². The van der Waals surface area contributed by atoms with Crippen LogP contribution < -0.4 is 9.64 Å². The molecular weight excluding hydrogens is 444 g/mol. The number of ketones is 1. The molecule has 1 N–H and O–H groups in total. The number of furan rings is 2. The summed E-state index contributed by atoms with van der Waals surface area (Å²) in [7, 11) is 1.51. The van der Waals surface area contributed by atoms with Crippen molar-refractivity contribution in [2.75, 3.05) is 12.0 Å². The summed E-state index contributed by atoms with van der Waals surface area (Å²) in [5.41, 5.74) is 1.04. The summed E-state index contributed by atoms with van der Waals surface area (Å²) in [5, 5.41) is 11.9. The van der Waals surface area contributed by atoms with Crippen molar-refractivity contribution in [2.45, 2.75) is 26.8 Å². The third-order valence-electron chi connectivity index (χ3n) is 5.66. The van der Waals surface area contributed by atoms with E-state index in [1.54, 1.807) is 43.3 Å². The fourth-order valence-electron chi connectivity index (χ4n) is 3.90. The van der Waals surface area contributed by atoms with Gasteiger partial charge in [-0.3, -0.25) is 14.5 Å². The van der Waals surface area contributed by atoms with E-state index in [1.165, 1.54) is 23.3 Å². The normalized spacial score (nSPS) is 16.3. The Morgan fingerprint density at radius 1 is 1.18 bits per heavy atom. The molecule has 9 heteroatoms. The maximum absolute atomic E-state index is 13.6. The molecule has 0 saturated carbocycles. The van der Waals surface area contributed by atoms with E-state index < -0.39 is 23.5 Å². The van der Waals surface area contributed by atoms with E-state index in [9.17, 15) is 14.7 Å². The van der Waals surface area contributed by atoms with Gasteiger partial charge in [0.2, 0.25) is 5.78 Å². The minimum Gasteiger partial charge on any atom is -0.503 e. The number of rotatable bonds is 5. The molecule has 8 nitrogen and oxygen atoms in total. The number of para-hydroxylation sites is 1. The molecule has 0 saturated heterocycles. The van der Waals surface area contributed by atoms with Crippen LogP contribution >= 0.6 is 11.3 Å². The molecule has 1 aliphatic rings. The lowest BCUT2D eigenvalue weighted by molar-refractivity contribution is -0.117. The van der Waals surface area contributed by atoms with E-state index in [0.717, 1.165) is 10.6 Å². The van der Waals surface area contributed by atoms with Crippen molar-refractivity contribution in [3.63, 3.8) is 0 Å². The molecule has 0 spiro atoms. The molecule has 0 radical (unpaired) electrons. The molecule has 0 fully saturated rings. The van der Waals surface area contributed by atoms with Crippen LogP contribution in [0.25, 0.3) is 11.0 Å². The SMILES string of the molecule is COc1cccc2cc(C(=O)C3=C(O)C(=O)N(c4nc(C)c(C)s4)C3c3ccc(C)o3)oc12. The minimum atomic E-state index is -0.987. The van der Waals surface area contributed by atoms with E-state index >= 15 is 0 Å². The van der Waals surface area contributed by atoms with Gasteiger partial charge in [0.1, 0.15) is 17.6 Å². The second-order valence-corrected chi connectivity index (χ2v) is 8.93. The van der Waals surface area contributed by atoms with Gasteiger partial charge in [-0.05, 0) is 45.0 Å². The smallest absolute Gasteiger partial charge is 0.296 e. The molecule has 168 valence electrons. The summed E-state index contributed by atoms with van der Waals surface area (Å²) in [6.45, 7) is 5.49. The molecular formula is C24H20N2O6S. The van der Waals surface area contributed by atoms with Gasteiger partial charge in [0.15, 0.2) is 28.0 Å². The number of nitrogens with zero attached hydrogens (tertiary/aromatic N) is 2. The van der Waals surface area contributed by atoms with E-state index in [4.69, 9.17) is 13.6 Å². The zero-order valence-corrected chi connectivity index (χ0v) is 19.1. The number of hydrogen-bond acceptors (Lipinski definition) is 8. The Labute approximate surface area is 192 Å². The number of benzene rings is 1. The largest absolute Gasteiger partial charge is 0.503 e. The first-order valence-electron chi connectivity index (χ1n) is 10.2. The van der Waals surface area contributed by atoms with E-state index in [2.05, 4.69) is 4.98 Å². The van der Waals surface area contributed by atoms with Gasteiger partial charge in [-0.15, -0.1) is 11.3 Å². The summed E-state index contributed by atoms with van der Waals surface area (Å²) in [6.07, 6.45) is 0. The topological polar surface area (TPSA) is 106 Å². The second-order valence-electron chi connectivity index (χ2n) is 7.74. The molecule has 3 aromatic heterocycles. The highest BCUT2D eigenvalue weighted by molar-refractivity contribution is 7.15. The van der Waals surface area contributed by atoms with Crippen LogP contribution in [0, 0.1) is 20.8 Å². The summed E-state index contributed by atoms with van der Waals surface area (Å²) < 4.78 is 16.9. The van der Waals surface area contributed by atoms with Crippen LogP contribution in [0.2, 0.25) is 0 Å². The predicted octanol–water partition coefficient (Wildman–Crippen LogP) is 5.20. The van der Waals surface area contributed by atoms with Crippen molar-refractivity contribution in [2.24, 2.45) is 0 Å². The Bertz CT molecular complexity index is 1440. The van der Waals surface area contributed by atoms with Gasteiger partial charge >= 0.3 is 0 Å². The maximum atomic E-state index is 13.6. The average Bonchev–Trinajstić information content (AvgIpc) is 3.54.